The van der Waals surface area contributed by atoms with Crippen molar-refractivity contribution in [2.45, 2.75) is 0 Å². The monoisotopic (exact) mass is 267 g/mol. The van der Waals surface area contributed by atoms with Crippen molar-refractivity contribution >= 4 is 12.0 Å². The summed E-state index contributed by atoms with van der Waals surface area (Å²) < 4.78 is 0. The highest BCUT2D eigenvalue weighted by Gasteiger charge is 2.24. The highest BCUT2D eigenvalue weighted by Crippen LogP contribution is 2.06. The van der Waals surface area contributed by atoms with Crippen molar-refractivity contribution in [3.05, 3.63) is 25.3 Å². The van der Waals surface area contributed by atoms with Gasteiger partial charge in [-0.1, -0.05) is 12.2 Å². The van der Waals surface area contributed by atoms with Crippen molar-refractivity contribution in [3.63, 3.8) is 0 Å². The molecule has 0 saturated carbocycles. The Morgan fingerprint density at radius 3 is 2.05 bits per heavy atom. The molecule has 1 rings (SSSR count). The first-order valence-corrected chi connectivity index (χ1v) is 6.28. The maximum absolute atomic E-state index is 12.2. The third-order valence-electron chi connectivity index (χ3n) is 2.97. The zero-order chi connectivity index (χ0) is 14.3. The summed E-state index contributed by atoms with van der Waals surface area (Å²) in [5.41, 5.74) is 0. The number of amides is 2. The number of piperazine rings is 1. The van der Waals surface area contributed by atoms with Crippen molar-refractivity contribution in [1.82, 2.24) is 14.7 Å². The molecular formula is C13H21N3O3. The largest absolute Gasteiger partial charge is 0.480 e. The Morgan fingerprint density at radius 2 is 1.63 bits per heavy atom. The maximum Gasteiger partial charge on any atom is 0.320 e. The van der Waals surface area contributed by atoms with Gasteiger partial charge in [-0.3, -0.25) is 9.69 Å². The molecule has 6 nitrogen and oxygen atoms in total. The van der Waals surface area contributed by atoms with E-state index in [-0.39, 0.29) is 12.6 Å². The van der Waals surface area contributed by atoms with Gasteiger partial charge in [0.2, 0.25) is 0 Å². The van der Waals surface area contributed by atoms with Crippen LogP contribution >= 0.6 is 0 Å². The van der Waals surface area contributed by atoms with Gasteiger partial charge in [0.1, 0.15) is 0 Å². The molecule has 1 aliphatic rings. The lowest BCUT2D eigenvalue weighted by Crippen LogP contribution is -2.53. The molecule has 19 heavy (non-hydrogen) atoms. The Morgan fingerprint density at radius 1 is 1.11 bits per heavy atom. The minimum Gasteiger partial charge on any atom is -0.480 e. The van der Waals surface area contributed by atoms with Gasteiger partial charge in [0.15, 0.2) is 0 Å². The Labute approximate surface area is 113 Å². The smallest absolute Gasteiger partial charge is 0.320 e. The predicted octanol–water partition coefficient (Wildman–Crippen LogP) is 0.483. The first-order valence-electron chi connectivity index (χ1n) is 6.28. The van der Waals surface area contributed by atoms with Gasteiger partial charge in [-0.05, 0) is 0 Å². The number of carbonyl (C=O) groups is 2. The number of carboxylic acid groups (broad SMARTS) is 1. The van der Waals surface area contributed by atoms with Crippen molar-refractivity contribution in [3.8, 4) is 0 Å². The van der Waals surface area contributed by atoms with Gasteiger partial charge in [0, 0.05) is 39.3 Å². The van der Waals surface area contributed by atoms with E-state index in [1.54, 1.807) is 22.0 Å². The number of rotatable bonds is 6. The van der Waals surface area contributed by atoms with Crippen LogP contribution in [0.4, 0.5) is 4.79 Å². The number of nitrogens with zero attached hydrogens (tertiary/aromatic N) is 3. The van der Waals surface area contributed by atoms with E-state index < -0.39 is 5.97 Å². The minimum absolute atomic E-state index is 0.0328. The molecule has 1 fully saturated rings. The van der Waals surface area contributed by atoms with Crippen LogP contribution in [-0.4, -0.2) is 77.6 Å². The molecule has 1 aliphatic heterocycles. The summed E-state index contributed by atoms with van der Waals surface area (Å²) in [4.78, 5) is 28.1. The summed E-state index contributed by atoms with van der Waals surface area (Å²) >= 11 is 0. The fourth-order valence-corrected chi connectivity index (χ4v) is 2.03. The number of aliphatic carboxylic acids is 1. The molecule has 0 aromatic heterocycles. The van der Waals surface area contributed by atoms with Gasteiger partial charge in [0.25, 0.3) is 0 Å². The van der Waals surface area contributed by atoms with Crippen LogP contribution in [0.5, 0.6) is 0 Å². The summed E-state index contributed by atoms with van der Waals surface area (Å²) in [5, 5.41) is 8.72. The van der Waals surface area contributed by atoms with E-state index >= 15 is 0 Å². The number of hydrogen-bond donors (Lipinski definition) is 1. The third kappa shape index (κ3) is 4.75. The summed E-state index contributed by atoms with van der Waals surface area (Å²) in [7, 11) is 0. The van der Waals surface area contributed by atoms with Gasteiger partial charge in [-0.2, -0.15) is 0 Å². The van der Waals surface area contributed by atoms with Crippen LogP contribution in [0.1, 0.15) is 0 Å². The van der Waals surface area contributed by atoms with Gasteiger partial charge in [-0.15, -0.1) is 13.2 Å². The summed E-state index contributed by atoms with van der Waals surface area (Å²) in [5.74, 6) is -0.834. The van der Waals surface area contributed by atoms with E-state index in [9.17, 15) is 9.59 Å². The van der Waals surface area contributed by atoms with E-state index in [1.165, 1.54) is 0 Å². The van der Waals surface area contributed by atoms with E-state index in [0.29, 0.717) is 39.3 Å². The summed E-state index contributed by atoms with van der Waals surface area (Å²) in [6.07, 6.45) is 3.37. The van der Waals surface area contributed by atoms with Gasteiger partial charge in [0.05, 0.1) is 6.54 Å². The number of carboxylic acids is 1. The topological polar surface area (TPSA) is 64.1 Å². The highest BCUT2D eigenvalue weighted by molar-refractivity contribution is 5.75. The number of carbonyl (C=O) groups excluding carboxylic acids is 1. The van der Waals surface area contributed by atoms with Crippen LogP contribution in [0.3, 0.4) is 0 Å². The predicted molar refractivity (Wildman–Crippen MR) is 73.0 cm³/mol. The molecule has 0 atom stereocenters. The fraction of sp³-hybridized carbons (Fsp3) is 0.538. The number of urea groups is 1. The third-order valence-corrected chi connectivity index (χ3v) is 2.97. The molecule has 1 saturated heterocycles. The molecule has 0 aromatic carbocycles. The molecule has 6 heteroatoms. The molecule has 0 aliphatic carbocycles. The fourth-order valence-electron chi connectivity index (χ4n) is 2.03. The summed E-state index contributed by atoms with van der Waals surface area (Å²) in [6.45, 7) is 10.6. The van der Waals surface area contributed by atoms with Crippen molar-refractivity contribution in [1.29, 1.82) is 0 Å². The van der Waals surface area contributed by atoms with Gasteiger partial charge in [-0.25, -0.2) is 4.79 Å². The summed E-state index contributed by atoms with van der Waals surface area (Å²) in [6, 6.07) is -0.0465. The average Bonchev–Trinajstić information content (AvgIpc) is 2.38. The molecule has 0 radical (unpaired) electrons. The zero-order valence-corrected chi connectivity index (χ0v) is 11.1. The van der Waals surface area contributed by atoms with Crippen molar-refractivity contribution in [2.24, 2.45) is 0 Å². The van der Waals surface area contributed by atoms with Crippen LogP contribution in [0.15, 0.2) is 25.3 Å². The van der Waals surface area contributed by atoms with Crippen LogP contribution in [0.25, 0.3) is 0 Å². The molecule has 1 heterocycles. The molecule has 0 aromatic rings. The Hall–Kier alpha value is -1.82. The molecule has 2 amide bonds. The zero-order valence-electron chi connectivity index (χ0n) is 11.1. The lowest BCUT2D eigenvalue weighted by molar-refractivity contribution is -0.138. The molecule has 0 bridgehead atoms. The number of hydrogen-bond acceptors (Lipinski definition) is 3. The Balaban J connectivity index is 2.48. The molecular weight excluding hydrogens is 246 g/mol. The second-order valence-corrected chi connectivity index (χ2v) is 4.42. The van der Waals surface area contributed by atoms with Crippen LogP contribution in [-0.2, 0) is 4.79 Å². The minimum atomic E-state index is -0.834. The van der Waals surface area contributed by atoms with Gasteiger partial charge >= 0.3 is 12.0 Å². The van der Waals surface area contributed by atoms with Crippen LogP contribution in [0, 0.1) is 0 Å². The second kappa shape index (κ2) is 7.58. The van der Waals surface area contributed by atoms with E-state index in [1.807, 2.05) is 4.90 Å². The molecule has 0 spiro atoms. The quantitative estimate of drug-likeness (QED) is 0.711. The Bertz CT molecular complexity index is 339. The lowest BCUT2D eigenvalue weighted by Gasteiger charge is -2.36. The van der Waals surface area contributed by atoms with E-state index in [4.69, 9.17) is 5.11 Å². The first kappa shape index (κ1) is 15.2. The SMILES string of the molecule is C=CCN(CC=C)C(=O)N1CCN(CC(=O)O)CC1. The molecule has 0 unspecified atom stereocenters. The average molecular weight is 267 g/mol. The van der Waals surface area contributed by atoms with Crippen LogP contribution in [0.2, 0.25) is 0 Å². The Kier molecular flexibility index (Phi) is 6.08. The highest BCUT2D eigenvalue weighted by atomic mass is 16.4. The maximum atomic E-state index is 12.2. The normalized spacial score (nSPS) is 15.9. The lowest BCUT2D eigenvalue weighted by atomic mass is 10.3. The van der Waals surface area contributed by atoms with Crippen LogP contribution < -0.4 is 0 Å². The molecule has 106 valence electrons. The second-order valence-electron chi connectivity index (χ2n) is 4.42. The van der Waals surface area contributed by atoms with E-state index in [0.717, 1.165) is 0 Å². The van der Waals surface area contributed by atoms with Crippen molar-refractivity contribution in [2.75, 3.05) is 45.8 Å². The standard InChI is InChI=1S/C13H21N3O3/c1-3-5-15(6-4-2)13(19)16-9-7-14(8-10-16)11-12(17)18/h3-4H,1-2,5-11H2,(H,17,18). The van der Waals surface area contributed by atoms with Crippen molar-refractivity contribution < 1.29 is 14.7 Å². The van der Waals surface area contributed by atoms with Gasteiger partial charge < -0.3 is 14.9 Å². The van der Waals surface area contributed by atoms with E-state index in [2.05, 4.69) is 13.2 Å². The first-order chi connectivity index (χ1) is 9.08. The molecule has 1 N–H and O–H groups in total.